The van der Waals surface area contributed by atoms with E-state index in [-0.39, 0.29) is 12.5 Å². The lowest BCUT2D eigenvalue weighted by Crippen LogP contribution is -2.28. The number of hydrogen-bond donors (Lipinski definition) is 2. The van der Waals surface area contributed by atoms with Crippen molar-refractivity contribution < 1.29 is 9.53 Å². The van der Waals surface area contributed by atoms with Crippen LogP contribution in [-0.4, -0.2) is 26.1 Å². The fourth-order valence-electron chi connectivity index (χ4n) is 1.20. The molecular weight excluding hydrogens is 240 g/mol. The first kappa shape index (κ1) is 13.4. The Morgan fingerprint density at radius 1 is 1.59 bits per heavy atom. The van der Waals surface area contributed by atoms with Gasteiger partial charge in [-0.2, -0.15) is 0 Å². The molecule has 0 bridgehead atoms. The summed E-state index contributed by atoms with van der Waals surface area (Å²) in [6.45, 7) is 0.518. The predicted molar refractivity (Wildman–Crippen MR) is 68.3 cm³/mol. The maximum atomic E-state index is 11.4. The third kappa shape index (κ3) is 4.35. The Hall–Kier alpha value is -1.70. The lowest BCUT2D eigenvalue weighted by atomic mass is 10.3. The molecule has 0 radical (unpaired) electrons. The number of terminal acetylenes is 1. The summed E-state index contributed by atoms with van der Waals surface area (Å²) >= 11 is 5.92. The minimum atomic E-state index is -0.179. The van der Waals surface area contributed by atoms with E-state index in [2.05, 4.69) is 16.6 Å². The molecule has 17 heavy (non-hydrogen) atoms. The standard InChI is InChI=1S/C12H13ClN2O2/c1-3-6-14-8-12(16)15-9-4-5-11(17-2)10(13)7-9/h1,4-5,7,14H,6,8H2,2H3,(H,15,16). The van der Waals surface area contributed by atoms with Gasteiger partial charge in [0.1, 0.15) is 5.75 Å². The third-order valence-electron chi connectivity index (χ3n) is 1.95. The topological polar surface area (TPSA) is 50.4 Å². The number of ether oxygens (including phenoxy) is 1. The van der Waals surface area contributed by atoms with Crippen molar-refractivity contribution in [3.05, 3.63) is 23.2 Å². The highest BCUT2D eigenvalue weighted by Gasteiger charge is 2.04. The summed E-state index contributed by atoms with van der Waals surface area (Å²) in [5.74, 6) is 2.77. The van der Waals surface area contributed by atoms with Crippen molar-refractivity contribution in [1.29, 1.82) is 0 Å². The molecule has 0 saturated heterocycles. The first-order valence-electron chi connectivity index (χ1n) is 4.95. The summed E-state index contributed by atoms with van der Waals surface area (Å²) in [4.78, 5) is 11.4. The van der Waals surface area contributed by atoms with Gasteiger partial charge < -0.3 is 10.1 Å². The zero-order valence-electron chi connectivity index (χ0n) is 9.42. The number of nitrogens with one attached hydrogen (secondary N) is 2. The lowest BCUT2D eigenvalue weighted by Gasteiger charge is -2.08. The van der Waals surface area contributed by atoms with Gasteiger partial charge >= 0.3 is 0 Å². The molecule has 0 unspecified atom stereocenters. The molecule has 1 aromatic rings. The second-order valence-corrected chi connectivity index (χ2v) is 3.61. The van der Waals surface area contributed by atoms with Crippen molar-refractivity contribution >= 4 is 23.2 Å². The summed E-state index contributed by atoms with van der Waals surface area (Å²) < 4.78 is 5.01. The molecule has 5 heteroatoms. The van der Waals surface area contributed by atoms with Gasteiger partial charge in [0.05, 0.1) is 25.2 Å². The smallest absolute Gasteiger partial charge is 0.238 e. The minimum absolute atomic E-state index is 0.161. The van der Waals surface area contributed by atoms with Gasteiger partial charge in [0.2, 0.25) is 5.91 Å². The van der Waals surface area contributed by atoms with Gasteiger partial charge in [-0.05, 0) is 18.2 Å². The van der Waals surface area contributed by atoms with E-state index < -0.39 is 0 Å². The van der Waals surface area contributed by atoms with Crippen molar-refractivity contribution in [2.75, 3.05) is 25.5 Å². The number of rotatable bonds is 5. The summed E-state index contributed by atoms with van der Waals surface area (Å²) in [7, 11) is 1.53. The van der Waals surface area contributed by atoms with Crippen LogP contribution in [0.15, 0.2) is 18.2 Å². The van der Waals surface area contributed by atoms with Gasteiger partial charge in [-0.1, -0.05) is 17.5 Å². The maximum Gasteiger partial charge on any atom is 0.238 e. The number of carbonyl (C=O) groups excluding carboxylic acids is 1. The molecule has 0 saturated carbocycles. The van der Waals surface area contributed by atoms with Gasteiger partial charge in [-0.25, -0.2) is 0 Å². The predicted octanol–water partition coefficient (Wildman–Crippen LogP) is 1.51. The largest absolute Gasteiger partial charge is 0.495 e. The molecule has 1 aromatic carbocycles. The molecule has 0 aromatic heterocycles. The summed E-state index contributed by atoms with van der Waals surface area (Å²) in [6, 6.07) is 5.02. The summed E-state index contributed by atoms with van der Waals surface area (Å²) in [6.07, 6.45) is 5.04. The van der Waals surface area contributed by atoms with E-state index in [1.54, 1.807) is 18.2 Å². The van der Waals surface area contributed by atoms with E-state index in [4.69, 9.17) is 22.8 Å². The van der Waals surface area contributed by atoms with E-state index in [1.807, 2.05) is 0 Å². The molecule has 2 N–H and O–H groups in total. The Kier molecular flexibility index (Phi) is 5.34. The molecule has 0 spiro atoms. The SMILES string of the molecule is C#CCNCC(=O)Nc1ccc(OC)c(Cl)c1. The number of hydrogen-bond acceptors (Lipinski definition) is 3. The van der Waals surface area contributed by atoms with Crippen molar-refractivity contribution in [1.82, 2.24) is 5.32 Å². The molecule has 0 fully saturated rings. The zero-order valence-corrected chi connectivity index (χ0v) is 10.2. The second kappa shape index (κ2) is 6.79. The highest BCUT2D eigenvalue weighted by atomic mass is 35.5. The van der Waals surface area contributed by atoms with Gasteiger partial charge in [0.15, 0.2) is 0 Å². The molecule has 0 aliphatic rings. The fourth-order valence-corrected chi connectivity index (χ4v) is 1.46. The van der Waals surface area contributed by atoms with Gasteiger partial charge in [-0.15, -0.1) is 6.42 Å². The van der Waals surface area contributed by atoms with E-state index in [0.29, 0.717) is 23.0 Å². The Balaban J connectivity index is 2.54. The molecule has 0 atom stereocenters. The van der Waals surface area contributed by atoms with Crippen LogP contribution in [0.25, 0.3) is 0 Å². The molecule has 1 rings (SSSR count). The third-order valence-corrected chi connectivity index (χ3v) is 2.24. The average molecular weight is 253 g/mol. The van der Waals surface area contributed by atoms with Crippen LogP contribution in [-0.2, 0) is 4.79 Å². The van der Waals surface area contributed by atoms with Crippen LogP contribution in [0.3, 0.4) is 0 Å². The second-order valence-electron chi connectivity index (χ2n) is 3.21. The van der Waals surface area contributed by atoms with Crippen molar-refractivity contribution in [3.63, 3.8) is 0 Å². The first-order chi connectivity index (χ1) is 8.17. The van der Waals surface area contributed by atoms with Crippen LogP contribution in [0, 0.1) is 12.3 Å². The van der Waals surface area contributed by atoms with Crippen molar-refractivity contribution in [3.8, 4) is 18.1 Å². The van der Waals surface area contributed by atoms with Crippen LogP contribution in [0.2, 0.25) is 5.02 Å². The monoisotopic (exact) mass is 252 g/mol. The number of carbonyl (C=O) groups is 1. The number of methoxy groups -OCH3 is 1. The number of amides is 1. The Labute approximate surface area is 105 Å². The van der Waals surface area contributed by atoms with E-state index in [9.17, 15) is 4.79 Å². The summed E-state index contributed by atoms with van der Waals surface area (Å²) in [5.41, 5.74) is 0.614. The average Bonchev–Trinajstić information content (AvgIpc) is 2.29. The zero-order chi connectivity index (χ0) is 12.7. The normalized spacial score (nSPS) is 9.47. The molecule has 0 aliphatic carbocycles. The lowest BCUT2D eigenvalue weighted by molar-refractivity contribution is -0.115. The van der Waals surface area contributed by atoms with Crippen LogP contribution in [0.4, 0.5) is 5.69 Å². The number of halogens is 1. The molecule has 1 amide bonds. The molecule has 90 valence electrons. The number of benzene rings is 1. The van der Waals surface area contributed by atoms with E-state index in [0.717, 1.165) is 0 Å². The minimum Gasteiger partial charge on any atom is -0.495 e. The summed E-state index contributed by atoms with van der Waals surface area (Å²) in [5, 5.41) is 5.92. The quantitative estimate of drug-likeness (QED) is 0.617. The Morgan fingerprint density at radius 3 is 2.94 bits per heavy atom. The van der Waals surface area contributed by atoms with Crippen LogP contribution >= 0.6 is 11.6 Å². The van der Waals surface area contributed by atoms with Gasteiger partial charge in [-0.3, -0.25) is 10.1 Å². The van der Waals surface area contributed by atoms with Crippen molar-refractivity contribution in [2.24, 2.45) is 0 Å². The van der Waals surface area contributed by atoms with E-state index in [1.165, 1.54) is 7.11 Å². The first-order valence-corrected chi connectivity index (χ1v) is 5.32. The molecule has 0 heterocycles. The highest BCUT2D eigenvalue weighted by Crippen LogP contribution is 2.26. The van der Waals surface area contributed by atoms with Gasteiger partial charge in [0.25, 0.3) is 0 Å². The molecule has 4 nitrogen and oxygen atoms in total. The van der Waals surface area contributed by atoms with Crippen molar-refractivity contribution in [2.45, 2.75) is 0 Å². The van der Waals surface area contributed by atoms with Crippen LogP contribution in [0.5, 0.6) is 5.75 Å². The Morgan fingerprint density at radius 2 is 2.35 bits per heavy atom. The maximum absolute atomic E-state index is 11.4. The van der Waals surface area contributed by atoms with Crippen LogP contribution in [0.1, 0.15) is 0 Å². The highest BCUT2D eigenvalue weighted by molar-refractivity contribution is 6.32. The van der Waals surface area contributed by atoms with E-state index >= 15 is 0 Å². The van der Waals surface area contributed by atoms with Crippen LogP contribution < -0.4 is 15.4 Å². The fraction of sp³-hybridized carbons (Fsp3) is 0.250. The molecular formula is C12H13ClN2O2. The van der Waals surface area contributed by atoms with Gasteiger partial charge in [0, 0.05) is 5.69 Å². The Bertz CT molecular complexity index is 441. The number of anilines is 1. The molecule has 0 aliphatic heterocycles.